The molecule has 0 spiro atoms. The van der Waals surface area contributed by atoms with Gasteiger partial charge in [-0.2, -0.15) is 0 Å². The summed E-state index contributed by atoms with van der Waals surface area (Å²) in [6.07, 6.45) is 1.10. The van der Waals surface area contributed by atoms with Crippen molar-refractivity contribution in [3.05, 3.63) is 23.2 Å². The summed E-state index contributed by atoms with van der Waals surface area (Å²) in [5.41, 5.74) is 0.732. The maximum absolute atomic E-state index is 12.1. The minimum absolute atomic E-state index is 0.0234. The van der Waals surface area contributed by atoms with E-state index in [0.717, 1.165) is 0 Å². The van der Waals surface area contributed by atoms with Crippen molar-refractivity contribution in [2.45, 2.75) is 53.5 Å². The lowest BCUT2D eigenvalue weighted by Crippen LogP contribution is -2.41. The van der Waals surface area contributed by atoms with Crippen molar-refractivity contribution in [2.75, 3.05) is 0 Å². The number of carbonyl (C=O) groups excluding carboxylic acids is 1. The molecule has 1 heterocycles. The number of hydrogen-bond acceptors (Lipinski definition) is 3. The fourth-order valence-corrected chi connectivity index (χ4v) is 1.93. The fourth-order valence-electron chi connectivity index (χ4n) is 1.93. The zero-order valence-electron chi connectivity index (χ0n) is 12.7. The number of aliphatic carboxylic acids is 1. The van der Waals surface area contributed by atoms with Crippen LogP contribution < -0.4 is 5.32 Å². The molecule has 0 radical (unpaired) electrons. The molecule has 0 aliphatic rings. The number of rotatable bonds is 5. The summed E-state index contributed by atoms with van der Waals surface area (Å²) in [6, 6.07) is 0.853. The third kappa shape index (κ3) is 4.72. The molecule has 20 heavy (non-hydrogen) atoms. The average molecular weight is 281 g/mol. The van der Waals surface area contributed by atoms with Crippen LogP contribution in [-0.4, -0.2) is 23.0 Å². The third-order valence-corrected chi connectivity index (χ3v) is 3.03. The Kier molecular flexibility index (Phi) is 4.98. The first-order valence-electron chi connectivity index (χ1n) is 6.71. The molecule has 5 heteroatoms. The summed E-state index contributed by atoms with van der Waals surface area (Å²) >= 11 is 0. The highest BCUT2D eigenvalue weighted by Gasteiger charge is 2.25. The van der Waals surface area contributed by atoms with Gasteiger partial charge in [0, 0.05) is 5.56 Å². The summed E-state index contributed by atoms with van der Waals surface area (Å²) in [6.45, 7) is 9.61. The smallest absolute Gasteiger partial charge is 0.326 e. The largest absolute Gasteiger partial charge is 0.480 e. The van der Waals surface area contributed by atoms with E-state index in [1.807, 2.05) is 20.8 Å². The molecular formula is C15H23NO4. The number of nitrogens with one attached hydrogen (secondary N) is 1. The first-order chi connectivity index (χ1) is 9.10. The highest BCUT2D eigenvalue weighted by molar-refractivity contribution is 5.95. The molecule has 1 unspecified atom stereocenters. The lowest BCUT2D eigenvalue weighted by atomic mass is 9.88. The number of carbonyl (C=O) groups is 2. The van der Waals surface area contributed by atoms with Gasteiger partial charge in [0.05, 0.1) is 0 Å². The summed E-state index contributed by atoms with van der Waals surface area (Å²) < 4.78 is 5.30. The van der Waals surface area contributed by atoms with Gasteiger partial charge in [-0.3, -0.25) is 4.79 Å². The van der Waals surface area contributed by atoms with Crippen molar-refractivity contribution >= 4 is 11.9 Å². The fraction of sp³-hybridized carbons (Fsp3) is 0.600. The predicted octanol–water partition coefficient (Wildman–Crippen LogP) is 2.91. The normalized spacial score (nSPS) is 13.1. The van der Waals surface area contributed by atoms with Crippen LogP contribution >= 0.6 is 0 Å². The van der Waals surface area contributed by atoms with E-state index >= 15 is 0 Å². The molecule has 1 aromatic heterocycles. The average Bonchev–Trinajstić information content (AvgIpc) is 2.61. The standard InChI is InChI=1S/C15H23NO4/c1-9-8-10(2)20-12(9)13(17)16-11(14(18)19)6-7-15(3,4)5/h8,11H,6-7H2,1-5H3,(H,16,17)(H,18,19). The van der Waals surface area contributed by atoms with Crippen LogP contribution in [0.4, 0.5) is 0 Å². The Balaban J connectivity index is 2.73. The van der Waals surface area contributed by atoms with E-state index in [2.05, 4.69) is 5.32 Å². The SMILES string of the molecule is Cc1cc(C)c(C(=O)NC(CCC(C)(C)C)C(=O)O)o1. The van der Waals surface area contributed by atoms with Crippen LogP contribution in [0.1, 0.15) is 55.5 Å². The number of hydrogen-bond donors (Lipinski definition) is 2. The summed E-state index contributed by atoms with van der Waals surface area (Å²) in [7, 11) is 0. The second kappa shape index (κ2) is 6.11. The van der Waals surface area contributed by atoms with Gasteiger partial charge >= 0.3 is 5.97 Å². The number of amides is 1. The zero-order chi connectivity index (χ0) is 15.5. The minimum atomic E-state index is -1.02. The highest BCUT2D eigenvalue weighted by Crippen LogP contribution is 2.22. The van der Waals surface area contributed by atoms with Crippen LogP contribution in [0.25, 0.3) is 0 Å². The number of carboxylic acid groups (broad SMARTS) is 1. The number of furan rings is 1. The molecule has 112 valence electrons. The maximum Gasteiger partial charge on any atom is 0.326 e. The Morgan fingerprint density at radius 1 is 1.35 bits per heavy atom. The maximum atomic E-state index is 12.1. The van der Waals surface area contributed by atoms with Crippen molar-refractivity contribution in [3.8, 4) is 0 Å². The first-order valence-corrected chi connectivity index (χ1v) is 6.71. The van der Waals surface area contributed by atoms with Crippen molar-refractivity contribution in [1.29, 1.82) is 0 Å². The Morgan fingerprint density at radius 2 is 1.95 bits per heavy atom. The van der Waals surface area contributed by atoms with E-state index < -0.39 is 17.9 Å². The van der Waals surface area contributed by atoms with Gasteiger partial charge in [-0.05, 0) is 38.2 Å². The summed E-state index contributed by atoms with van der Waals surface area (Å²) in [4.78, 5) is 23.3. The van der Waals surface area contributed by atoms with Crippen LogP contribution in [0.5, 0.6) is 0 Å². The summed E-state index contributed by atoms with van der Waals surface area (Å²) in [5, 5.41) is 11.7. The highest BCUT2D eigenvalue weighted by atomic mass is 16.4. The van der Waals surface area contributed by atoms with Gasteiger partial charge in [-0.15, -0.1) is 0 Å². The van der Waals surface area contributed by atoms with E-state index in [1.165, 1.54) is 0 Å². The predicted molar refractivity (Wildman–Crippen MR) is 75.8 cm³/mol. The number of carboxylic acids is 1. The van der Waals surface area contributed by atoms with Crippen LogP contribution in [0.2, 0.25) is 0 Å². The monoisotopic (exact) mass is 281 g/mol. The van der Waals surface area contributed by atoms with Crippen molar-refractivity contribution in [2.24, 2.45) is 5.41 Å². The van der Waals surface area contributed by atoms with Crippen molar-refractivity contribution in [3.63, 3.8) is 0 Å². The Hall–Kier alpha value is -1.78. The van der Waals surface area contributed by atoms with Gasteiger partial charge in [0.25, 0.3) is 5.91 Å². The molecule has 1 amide bonds. The van der Waals surface area contributed by atoms with E-state index in [0.29, 0.717) is 24.2 Å². The summed E-state index contributed by atoms with van der Waals surface area (Å²) in [5.74, 6) is -0.681. The Morgan fingerprint density at radius 3 is 2.35 bits per heavy atom. The molecule has 0 saturated carbocycles. The molecule has 0 bridgehead atoms. The zero-order valence-corrected chi connectivity index (χ0v) is 12.7. The molecular weight excluding hydrogens is 258 g/mol. The molecule has 0 fully saturated rings. The molecule has 2 N–H and O–H groups in total. The van der Waals surface area contributed by atoms with E-state index in [4.69, 9.17) is 4.42 Å². The molecule has 1 aromatic rings. The Labute approximate surface area is 119 Å². The molecule has 1 rings (SSSR count). The first kappa shape index (κ1) is 16.3. The molecule has 0 aliphatic heterocycles. The van der Waals surface area contributed by atoms with Gasteiger partial charge in [0.1, 0.15) is 11.8 Å². The van der Waals surface area contributed by atoms with Gasteiger partial charge in [-0.25, -0.2) is 4.79 Å². The second-order valence-corrected chi connectivity index (χ2v) is 6.33. The van der Waals surface area contributed by atoms with Gasteiger partial charge in [-0.1, -0.05) is 20.8 Å². The lowest BCUT2D eigenvalue weighted by Gasteiger charge is -2.21. The van der Waals surface area contributed by atoms with Gasteiger partial charge in [0.2, 0.25) is 0 Å². The molecule has 0 aromatic carbocycles. The molecule has 0 aliphatic carbocycles. The van der Waals surface area contributed by atoms with Crippen LogP contribution in [0.15, 0.2) is 10.5 Å². The van der Waals surface area contributed by atoms with E-state index in [-0.39, 0.29) is 11.2 Å². The van der Waals surface area contributed by atoms with Crippen molar-refractivity contribution in [1.82, 2.24) is 5.32 Å². The number of aryl methyl sites for hydroxylation is 2. The van der Waals surface area contributed by atoms with Gasteiger partial charge < -0.3 is 14.8 Å². The molecule has 0 saturated heterocycles. The van der Waals surface area contributed by atoms with Gasteiger partial charge in [0.15, 0.2) is 5.76 Å². The van der Waals surface area contributed by atoms with E-state index in [1.54, 1.807) is 19.9 Å². The topological polar surface area (TPSA) is 79.5 Å². The van der Waals surface area contributed by atoms with Crippen LogP contribution in [0, 0.1) is 19.3 Å². The van der Waals surface area contributed by atoms with Crippen LogP contribution in [-0.2, 0) is 4.79 Å². The van der Waals surface area contributed by atoms with Crippen molar-refractivity contribution < 1.29 is 19.1 Å². The molecule has 1 atom stereocenters. The third-order valence-electron chi connectivity index (χ3n) is 3.03. The Bertz CT molecular complexity index is 496. The second-order valence-electron chi connectivity index (χ2n) is 6.33. The van der Waals surface area contributed by atoms with Crippen LogP contribution in [0.3, 0.4) is 0 Å². The minimum Gasteiger partial charge on any atom is -0.480 e. The quantitative estimate of drug-likeness (QED) is 0.869. The lowest BCUT2D eigenvalue weighted by molar-refractivity contribution is -0.139. The van der Waals surface area contributed by atoms with E-state index in [9.17, 15) is 14.7 Å². The molecule has 5 nitrogen and oxygen atoms in total.